The largest absolute Gasteiger partial charge is 0.533 e. The fourth-order valence-electron chi connectivity index (χ4n) is 1.84. The zero-order valence-electron chi connectivity index (χ0n) is 12.0. The van der Waals surface area contributed by atoms with Gasteiger partial charge in [-0.1, -0.05) is 35.4 Å². The summed E-state index contributed by atoms with van der Waals surface area (Å²) >= 11 is 0. The molecule has 0 unspecified atom stereocenters. The summed E-state index contributed by atoms with van der Waals surface area (Å²) in [5.74, 6) is -1.07. The third-order valence-electron chi connectivity index (χ3n) is 2.94. The molecule has 22 heavy (non-hydrogen) atoms. The third-order valence-corrected chi connectivity index (χ3v) is 2.94. The van der Waals surface area contributed by atoms with Gasteiger partial charge in [0.25, 0.3) is 11.8 Å². The van der Waals surface area contributed by atoms with Crippen molar-refractivity contribution in [2.75, 3.05) is 13.2 Å². The Morgan fingerprint density at radius 3 is 2.41 bits per heavy atom. The highest BCUT2D eigenvalue weighted by Gasteiger charge is 2.33. The molecule has 0 atom stereocenters. The number of ether oxygens (including phenoxy) is 2. The van der Waals surface area contributed by atoms with Crippen molar-refractivity contribution in [1.82, 2.24) is 5.06 Å². The first-order chi connectivity index (χ1) is 10.7. The predicted octanol–water partition coefficient (Wildman–Crippen LogP) is 1.81. The minimum Gasteiger partial charge on any atom is -0.433 e. The van der Waals surface area contributed by atoms with Crippen LogP contribution in [0.5, 0.6) is 0 Å². The highest BCUT2D eigenvalue weighted by atomic mass is 16.8. The van der Waals surface area contributed by atoms with Gasteiger partial charge >= 0.3 is 6.16 Å². The average molecular weight is 307 g/mol. The molecular formula is C15H17NO6. The van der Waals surface area contributed by atoms with E-state index in [4.69, 9.17) is 9.47 Å². The molecule has 0 aliphatic carbocycles. The number of carbonyl (C=O) groups excluding carboxylic acids is 3. The maximum Gasteiger partial charge on any atom is 0.533 e. The number of amides is 2. The molecule has 0 N–H and O–H groups in total. The molecule has 1 fully saturated rings. The predicted molar refractivity (Wildman–Crippen MR) is 74.2 cm³/mol. The molecule has 118 valence electrons. The van der Waals surface area contributed by atoms with E-state index in [1.807, 2.05) is 30.3 Å². The van der Waals surface area contributed by atoms with Gasteiger partial charge in [0.05, 0.1) is 19.8 Å². The Bertz CT molecular complexity index is 514. The number of hydrogen-bond acceptors (Lipinski definition) is 6. The van der Waals surface area contributed by atoms with E-state index >= 15 is 0 Å². The summed E-state index contributed by atoms with van der Waals surface area (Å²) in [7, 11) is 0. The quantitative estimate of drug-likeness (QED) is 0.434. The second-order valence-electron chi connectivity index (χ2n) is 4.66. The van der Waals surface area contributed by atoms with Crippen molar-refractivity contribution in [2.24, 2.45) is 0 Å². The minimum atomic E-state index is -1.06. The Morgan fingerprint density at radius 2 is 1.73 bits per heavy atom. The summed E-state index contributed by atoms with van der Waals surface area (Å²) in [6.45, 7) is 0.996. The summed E-state index contributed by atoms with van der Waals surface area (Å²) in [5, 5.41) is 0.453. The van der Waals surface area contributed by atoms with Crippen molar-refractivity contribution in [3.63, 3.8) is 0 Å². The van der Waals surface area contributed by atoms with Crippen LogP contribution in [0.3, 0.4) is 0 Å². The van der Waals surface area contributed by atoms with E-state index < -0.39 is 18.0 Å². The Balaban J connectivity index is 1.54. The fourth-order valence-corrected chi connectivity index (χ4v) is 1.84. The summed E-state index contributed by atoms with van der Waals surface area (Å²) in [6.07, 6.45) is -0.463. The van der Waals surface area contributed by atoms with Crippen LogP contribution in [0.15, 0.2) is 30.3 Å². The van der Waals surface area contributed by atoms with Gasteiger partial charge in [0.15, 0.2) is 0 Å². The van der Waals surface area contributed by atoms with Crippen LogP contribution in [-0.4, -0.2) is 36.2 Å². The number of imide groups is 1. The standard InChI is InChI=1S/C15H17NO6/c17-13-7-8-14(18)16(13)22-15(19)21-10-4-9-20-11-12-5-2-1-3-6-12/h1-3,5-6H,4,7-11H2. The molecule has 0 aromatic heterocycles. The molecular weight excluding hydrogens is 290 g/mol. The van der Waals surface area contributed by atoms with Gasteiger partial charge in [-0.3, -0.25) is 14.4 Å². The van der Waals surface area contributed by atoms with Crippen molar-refractivity contribution < 1.29 is 28.7 Å². The van der Waals surface area contributed by atoms with Crippen LogP contribution >= 0.6 is 0 Å². The number of hydroxylamine groups is 2. The van der Waals surface area contributed by atoms with Gasteiger partial charge in [-0.15, -0.1) is 0 Å². The van der Waals surface area contributed by atoms with E-state index in [-0.39, 0.29) is 19.4 Å². The van der Waals surface area contributed by atoms with E-state index in [0.29, 0.717) is 24.7 Å². The van der Waals surface area contributed by atoms with E-state index in [1.165, 1.54) is 0 Å². The van der Waals surface area contributed by atoms with Gasteiger partial charge in [-0.2, -0.15) is 0 Å². The third kappa shape index (κ3) is 4.85. The maximum absolute atomic E-state index is 11.3. The van der Waals surface area contributed by atoms with E-state index in [2.05, 4.69) is 4.84 Å². The molecule has 0 saturated carbocycles. The number of benzene rings is 1. The molecule has 1 aliphatic heterocycles. The summed E-state index contributed by atoms with van der Waals surface area (Å²) in [5.41, 5.74) is 1.06. The molecule has 1 aromatic rings. The van der Waals surface area contributed by atoms with Gasteiger partial charge in [0.1, 0.15) is 0 Å². The molecule has 1 saturated heterocycles. The van der Waals surface area contributed by atoms with Gasteiger partial charge in [0.2, 0.25) is 0 Å². The van der Waals surface area contributed by atoms with E-state index in [9.17, 15) is 14.4 Å². The zero-order valence-corrected chi connectivity index (χ0v) is 12.0. The van der Waals surface area contributed by atoms with Crippen molar-refractivity contribution in [3.05, 3.63) is 35.9 Å². The van der Waals surface area contributed by atoms with Gasteiger partial charge in [0, 0.05) is 19.3 Å². The average Bonchev–Trinajstić information content (AvgIpc) is 2.83. The number of nitrogens with zero attached hydrogens (tertiary/aromatic N) is 1. The molecule has 0 bridgehead atoms. The second kappa shape index (κ2) is 8.14. The van der Waals surface area contributed by atoms with Crippen LogP contribution in [-0.2, 0) is 30.5 Å². The highest BCUT2D eigenvalue weighted by Crippen LogP contribution is 2.12. The van der Waals surface area contributed by atoms with Crippen LogP contribution in [0.1, 0.15) is 24.8 Å². The monoisotopic (exact) mass is 307 g/mol. The number of carbonyl (C=O) groups is 3. The maximum atomic E-state index is 11.3. The first-order valence-electron chi connectivity index (χ1n) is 6.99. The van der Waals surface area contributed by atoms with E-state index in [1.54, 1.807) is 0 Å². The zero-order chi connectivity index (χ0) is 15.8. The van der Waals surface area contributed by atoms with Crippen LogP contribution in [0.2, 0.25) is 0 Å². The van der Waals surface area contributed by atoms with Gasteiger partial charge in [-0.05, 0) is 5.56 Å². The van der Waals surface area contributed by atoms with Crippen LogP contribution in [0, 0.1) is 0 Å². The lowest BCUT2D eigenvalue weighted by molar-refractivity contribution is -0.177. The second-order valence-corrected chi connectivity index (χ2v) is 4.66. The normalized spacial score (nSPS) is 14.3. The van der Waals surface area contributed by atoms with E-state index in [0.717, 1.165) is 5.56 Å². The smallest absolute Gasteiger partial charge is 0.433 e. The fraction of sp³-hybridized carbons (Fsp3) is 0.400. The summed E-state index contributed by atoms with van der Waals surface area (Å²) in [4.78, 5) is 38.3. The summed E-state index contributed by atoms with van der Waals surface area (Å²) < 4.78 is 10.2. The van der Waals surface area contributed by atoms with Crippen LogP contribution < -0.4 is 0 Å². The summed E-state index contributed by atoms with van der Waals surface area (Å²) in [6, 6.07) is 9.70. The molecule has 0 radical (unpaired) electrons. The molecule has 2 amide bonds. The minimum absolute atomic E-state index is 0.0550. The Hall–Kier alpha value is -2.41. The molecule has 1 aromatic carbocycles. The highest BCUT2D eigenvalue weighted by molar-refractivity contribution is 6.01. The lowest BCUT2D eigenvalue weighted by Crippen LogP contribution is -2.32. The number of rotatable bonds is 7. The molecule has 2 rings (SSSR count). The molecule has 1 heterocycles. The van der Waals surface area contributed by atoms with Crippen molar-refractivity contribution in [3.8, 4) is 0 Å². The van der Waals surface area contributed by atoms with Crippen molar-refractivity contribution in [2.45, 2.75) is 25.9 Å². The Kier molecular flexibility index (Phi) is 5.91. The van der Waals surface area contributed by atoms with Gasteiger partial charge < -0.3 is 9.47 Å². The lowest BCUT2D eigenvalue weighted by Gasteiger charge is -2.12. The van der Waals surface area contributed by atoms with Gasteiger partial charge in [-0.25, -0.2) is 4.79 Å². The first kappa shape index (κ1) is 16.0. The lowest BCUT2D eigenvalue weighted by atomic mass is 10.2. The first-order valence-corrected chi connectivity index (χ1v) is 6.99. The van der Waals surface area contributed by atoms with Crippen molar-refractivity contribution >= 4 is 18.0 Å². The number of hydrogen-bond donors (Lipinski definition) is 0. The topological polar surface area (TPSA) is 82.1 Å². The molecule has 7 heteroatoms. The van der Waals surface area contributed by atoms with Crippen LogP contribution in [0.4, 0.5) is 4.79 Å². The SMILES string of the molecule is O=C(OCCCOCc1ccccc1)ON1C(=O)CCC1=O. The van der Waals surface area contributed by atoms with Crippen molar-refractivity contribution in [1.29, 1.82) is 0 Å². The van der Waals surface area contributed by atoms with Crippen LogP contribution in [0.25, 0.3) is 0 Å². The Morgan fingerprint density at radius 1 is 1.05 bits per heavy atom. The molecule has 1 aliphatic rings. The Labute approximate surface area is 127 Å². The molecule has 0 spiro atoms. The molecule has 7 nitrogen and oxygen atoms in total.